The standard InChI is InChI=1S/C17H16BrFN4O/c1-17(2,3)14-13-12(9-5-4-8(18)6-11(9)19)10(7-20)15(21)24-16(13)23-22-14/h4-6,12H,21H2,1-3H3,(H,22,23). The summed E-state index contributed by atoms with van der Waals surface area (Å²) in [6.45, 7) is 6.01. The topological polar surface area (TPSA) is 87.7 Å². The van der Waals surface area contributed by atoms with Crippen LogP contribution in [0.5, 0.6) is 5.88 Å². The van der Waals surface area contributed by atoms with Crippen LogP contribution in [0.15, 0.2) is 34.1 Å². The van der Waals surface area contributed by atoms with E-state index >= 15 is 0 Å². The lowest BCUT2D eigenvalue weighted by atomic mass is 9.78. The van der Waals surface area contributed by atoms with Crippen LogP contribution in [0.1, 0.15) is 43.5 Å². The van der Waals surface area contributed by atoms with Gasteiger partial charge in [0.2, 0.25) is 11.8 Å². The molecule has 124 valence electrons. The lowest BCUT2D eigenvalue weighted by Crippen LogP contribution is -2.24. The lowest BCUT2D eigenvalue weighted by Gasteiger charge is -2.27. The van der Waals surface area contributed by atoms with Crippen molar-refractivity contribution in [3.05, 3.63) is 56.8 Å². The van der Waals surface area contributed by atoms with Gasteiger partial charge in [-0.15, -0.1) is 5.10 Å². The van der Waals surface area contributed by atoms with E-state index in [2.05, 4.69) is 32.2 Å². The number of nitriles is 1. The maximum absolute atomic E-state index is 14.6. The van der Waals surface area contributed by atoms with Crippen molar-refractivity contribution in [1.29, 1.82) is 5.26 Å². The molecule has 7 heteroatoms. The van der Waals surface area contributed by atoms with Gasteiger partial charge in [0.05, 0.1) is 11.5 Å². The fourth-order valence-electron chi connectivity index (χ4n) is 2.86. The molecule has 0 bridgehead atoms. The van der Waals surface area contributed by atoms with Crippen LogP contribution in [-0.4, -0.2) is 10.2 Å². The van der Waals surface area contributed by atoms with Gasteiger partial charge < -0.3 is 10.5 Å². The Morgan fingerprint density at radius 2 is 2.12 bits per heavy atom. The molecule has 1 atom stereocenters. The summed E-state index contributed by atoms with van der Waals surface area (Å²) in [5.74, 6) is -0.864. The third-order valence-corrected chi connectivity index (χ3v) is 4.46. The summed E-state index contributed by atoms with van der Waals surface area (Å²) in [6.07, 6.45) is 0. The molecule has 2 aromatic rings. The molecule has 0 radical (unpaired) electrons. The van der Waals surface area contributed by atoms with Crippen molar-refractivity contribution in [3.63, 3.8) is 0 Å². The van der Waals surface area contributed by atoms with Crippen molar-refractivity contribution < 1.29 is 9.13 Å². The predicted molar refractivity (Wildman–Crippen MR) is 90.7 cm³/mol. The highest BCUT2D eigenvalue weighted by Crippen LogP contribution is 2.46. The largest absolute Gasteiger partial charge is 0.420 e. The Bertz CT molecular complexity index is 889. The Kier molecular flexibility index (Phi) is 3.88. The first kappa shape index (κ1) is 16.5. The third kappa shape index (κ3) is 2.57. The van der Waals surface area contributed by atoms with Gasteiger partial charge in [0.1, 0.15) is 17.5 Å². The zero-order valence-electron chi connectivity index (χ0n) is 13.4. The molecule has 3 rings (SSSR count). The number of aromatic nitrogens is 2. The highest BCUT2D eigenvalue weighted by atomic mass is 79.9. The molecule has 0 spiro atoms. The number of H-pyrrole nitrogens is 1. The Labute approximate surface area is 147 Å². The van der Waals surface area contributed by atoms with Crippen LogP contribution in [-0.2, 0) is 5.41 Å². The summed E-state index contributed by atoms with van der Waals surface area (Å²) < 4.78 is 20.7. The third-order valence-electron chi connectivity index (χ3n) is 3.96. The number of nitrogens with one attached hydrogen (secondary N) is 1. The molecule has 0 saturated carbocycles. The second kappa shape index (κ2) is 5.64. The van der Waals surface area contributed by atoms with Crippen molar-refractivity contribution in [3.8, 4) is 11.9 Å². The summed E-state index contributed by atoms with van der Waals surface area (Å²) in [6, 6.07) is 6.80. The summed E-state index contributed by atoms with van der Waals surface area (Å²) in [5.41, 5.74) is 7.55. The second-order valence-corrected chi connectivity index (χ2v) is 7.57. The number of rotatable bonds is 1. The number of benzene rings is 1. The van der Waals surface area contributed by atoms with Gasteiger partial charge in [-0.3, -0.25) is 5.10 Å². The van der Waals surface area contributed by atoms with Crippen molar-refractivity contribution in [2.24, 2.45) is 5.73 Å². The fourth-order valence-corrected chi connectivity index (χ4v) is 3.20. The number of halogens is 2. The number of ether oxygens (including phenoxy) is 1. The number of nitrogens with zero attached hydrogens (tertiary/aromatic N) is 2. The first-order valence-electron chi connectivity index (χ1n) is 7.35. The Hall–Kier alpha value is -2.33. The highest BCUT2D eigenvalue weighted by molar-refractivity contribution is 9.10. The molecule has 1 aliphatic rings. The molecule has 0 aliphatic carbocycles. The predicted octanol–water partition coefficient (Wildman–Crippen LogP) is 3.83. The van der Waals surface area contributed by atoms with Gasteiger partial charge in [0, 0.05) is 21.1 Å². The van der Waals surface area contributed by atoms with Crippen LogP contribution < -0.4 is 10.5 Å². The SMILES string of the molecule is CC(C)(C)c1[nH]nc2c1C(c1ccc(Br)cc1F)C(C#N)=C(N)O2. The molecule has 1 aliphatic heterocycles. The minimum absolute atomic E-state index is 0.0516. The molecule has 0 fully saturated rings. The first-order chi connectivity index (χ1) is 11.2. The van der Waals surface area contributed by atoms with Gasteiger partial charge in [0.25, 0.3) is 0 Å². The number of fused-ring (bicyclic) bond motifs is 1. The van der Waals surface area contributed by atoms with E-state index in [0.29, 0.717) is 15.6 Å². The molecule has 1 unspecified atom stereocenters. The zero-order valence-corrected chi connectivity index (χ0v) is 15.0. The molecule has 24 heavy (non-hydrogen) atoms. The molecule has 1 aromatic heterocycles. The zero-order chi connectivity index (χ0) is 17.6. The Morgan fingerprint density at radius 3 is 2.71 bits per heavy atom. The van der Waals surface area contributed by atoms with E-state index in [9.17, 15) is 9.65 Å². The van der Waals surface area contributed by atoms with E-state index in [1.54, 1.807) is 12.1 Å². The molecule has 1 aromatic carbocycles. The Balaban J connectivity index is 2.31. The normalized spacial score (nSPS) is 17.2. The van der Waals surface area contributed by atoms with Crippen molar-refractivity contribution in [1.82, 2.24) is 10.2 Å². The van der Waals surface area contributed by atoms with Crippen LogP contribution in [0, 0.1) is 17.1 Å². The molecule has 3 N–H and O–H groups in total. The maximum Gasteiger partial charge on any atom is 0.244 e. The number of allylic oxidation sites excluding steroid dienone is 1. The molecular weight excluding hydrogens is 375 g/mol. The summed E-state index contributed by atoms with van der Waals surface area (Å²) in [5, 5.41) is 16.7. The van der Waals surface area contributed by atoms with Gasteiger partial charge in [-0.25, -0.2) is 4.39 Å². The van der Waals surface area contributed by atoms with Gasteiger partial charge in [-0.1, -0.05) is 42.8 Å². The van der Waals surface area contributed by atoms with Gasteiger partial charge in [-0.05, 0) is 12.1 Å². The van der Waals surface area contributed by atoms with Crippen molar-refractivity contribution >= 4 is 15.9 Å². The van der Waals surface area contributed by atoms with Gasteiger partial charge in [0.15, 0.2) is 0 Å². The van der Waals surface area contributed by atoms with Crippen LogP contribution in [0.3, 0.4) is 0 Å². The number of hydrogen-bond acceptors (Lipinski definition) is 4. The second-order valence-electron chi connectivity index (χ2n) is 6.66. The molecule has 2 heterocycles. The molecular formula is C17H16BrFN4O. The summed E-state index contributed by atoms with van der Waals surface area (Å²) in [4.78, 5) is 0. The van der Waals surface area contributed by atoms with E-state index < -0.39 is 11.7 Å². The first-order valence-corrected chi connectivity index (χ1v) is 8.14. The van der Waals surface area contributed by atoms with E-state index in [-0.39, 0.29) is 22.8 Å². The van der Waals surface area contributed by atoms with Crippen molar-refractivity contribution in [2.75, 3.05) is 0 Å². The lowest BCUT2D eigenvalue weighted by molar-refractivity contribution is 0.377. The van der Waals surface area contributed by atoms with Crippen LogP contribution in [0.2, 0.25) is 0 Å². The van der Waals surface area contributed by atoms with E-state index in [1.807, 2.05) is 20.8 Å². The van der Waals surface area contributed by atoms with E-state index in [1.165, 1.54) is 6.07 Å². The average Bonchev–Trinajstić information content (AvgIpc) is 2.89. The monoisotopic (exact) mass is 390 g/mol. The van der Waals surface area contributed by atoms with E-state index in [0.717, 1.165) is 5.69 Å². The number of hydrogen-bond donors (Lipinski definition) is 2. The molecule has 5 nitrogen and oxygen atoms in total. The Morgan fingerprint density at radius 1 is 1.42 bits per heavy atom. The van der Waals surface area contributed by atoms with Gasteiger partial charge >= 0.3 is 0 Å². The summed E-state index contributed by atoms with van der Waals surface area (Å²) >= 11 is 3.25. The van der Waals surface area contributed by atoms with Crippen molar-refractivity contribution in [2.45, 2.75) is 32.1 Å². The quantitative estimate of drug-likeness (QED) is 0.774. The fraction of sp³-hybridized carbons (Fsp3) is 0.294. The minimum Gasteiger partial charge on any atom is -0.420 e. The average molecular weight is 391 g/mol. The van der Waals surface area contributed by atoms with Crippen LogP contribution in [0.4, 0.5) is 4.39 Å². The number of aromatic amines is 1. The molecule has 0 amide bonds. The van der Waals surface area contributed by atoms with Gasteiger partial charge in [-0.2, -0.15) is 5.26 Å². The maximum atomic E-state index is 14.6. The highest BCUT2D eigenvalue weighted by Gasteiger charge is 2.39. The number of nitrogens with two attached hydrogens (primary N) is 1. The van der Waals surface area contributed by atoms with Crippen LogP contribution in [0.25, 0.3) is 0 Å². The van der Waals surface area contributed by atoms with E-state index in [4.69, 9.17) is 10.5 Å². The minimum atomic E-state index is -0.667. The summed E-state index contributed by atoms with van der Waals surface area (Å²) in [7, 11) is 0. The van der Waals surface area contributed by atoms with Crippen LogP contribution >= 0.6 is 15.9 Å². The molecule has 0 saturated heterocycles. The smallest absolute Gasteiger partial charge is 0.244 e.